The summed E-state index contributed by atoms with van der Waals surface area (Å²) < 4.78 is 5.07. The SMILES string of the molecule is COc1nc(Cl)ccc1CCCC=O. The Kier molecular flexibility index (Phi) is 4.40. The molecule has 0 unspecified atom stereocenters. The van der Waals surface area contributed by atoms with Crippen molar-refractivity contribution in [3.8, 4) is 5.88 Å². The van der Waals surface area contributed by atoms with Crippen LogP contribution in [0.1, 0.15) is 18.4 Å². The van der Waals surface area contributed by atoms with Crippen LogP contribution in [-0.2, 0) is 11.2 Å². The molecule has 1 heterocycles. The summed E-state index contributed by atoms with van der Waals surface area (Å²) in [6, 6.07) is 3.60. The minimum Gasteiger partial charge on any atom is -0.481 e. The lowest BCUT2D eigenvalue weighted by Gasteiger charge is -2.06. The molecule has 0 aromatic carbocycles. The molecule has 3 nitrogen and oxygen atoms in total. The lowest BCUT2D eigenvalue weighted by atomic mass is 10.1. The summed E-state index contributed by atoms with van der Waals surface area (Å²) in [6.07, 6.45) is 3.07. The molecule has 4 heteroatoms. The molecule has 0 aliphatic carbocycles. The predicted octanol–water partition coefficient (Wildman–Crippen LogP) is 2.27. The zero-order chi connectivity index (χ0) is 10.4. The Morgan fingerprint density at radius 1 is 1.57 bits per heavy atom. The molecule has 0 aliphatic rings. The Labute approximate surface area is 88.1 Å². The van der Waals surface area contributed by atoms with Gasteiger partial charge in [-0.15, -0.1) is 0 Å². The van der Waals surface area contributed by atoms with Crippen LogP contribution in [0.4, 0.5) is 0 Å². The van der Waals surface area contributed by atoms with Gasteiger partial charge < -0.3 is 9.53 Å². The van der Waals surface area contributed by atoms with Crippen molar-refractivity contribution in [2.24, 2.45) is 0 Å². The van der Waals surface area contributed by atoms with E-state index in [1.807, 2.05) is 6.07 Å². The fourth-order valence-corrected chi connectivity index (χ4v) is 1.33. The van der Waals surface area contributed by atoms with Gasteiger partial charge in [0.05, 0.1) is 7.11 Å². The fraction of sp³-hybridized carbons (Fsp3) is 0.400. The van der Waals surface area contributed by atoms with Crippen LogP contribution in [-0.4, -0.2) is 18.4 Å². The Morgan fingerprint density at radius 3 is 3.00 bits per heavy atom. The Balaban J connectivity index is 2.69. The van der Waals surface area contributed by atoms with Gasteiger partial charge in [-0.05, 0) is 18.9 Å². The van der Waals surface area contributed by atoms with Crippen LogP contribution >= 0.6 is 11.6 Å². The van der Waals surface area contributed by atoms with Crippen LogP contribution in [0.2, 0.25) is 5.15 Å². The third kappa shape index (κ3) is 3.00. The molecule has 76 valence electrons. The number of hydrogen-bond acceptors (Lipinski definition) is 3. The summed E-state index contributed by atoms with van der Waals surface area (Å²) in [5.74, 6) is 0.545. The van der Waals surface area contributed by atoms with Gasteiger partial charge in [-0.25, -0.2) is 4.98 Å². The van der Waals surface area contributed by atoms with E-state index in [1.54, 1.807) is 13.2 Å². The largest absolute Gasteiger partial charge is 0.481 e. The molecule has 0 saturated carbocycles. The summed E-state index contributed by atoms with van der Waals surface area (Å²) in [4.78, 5) is 14.2. The van der Waals surface area contributed by atoms with Crippen LogP contribution in [0.15, 0.2) is 12.1 Å². The van der Waals surface area contributed by atoms with E-state index in [9.17, 15) is 4.79 Å². The number of aldehydes is 1. The summed E-state index contributed by atoms with van der Waals surface area (Å²) >= 11 is 5.71. The van der Waals surface area contributed by atoms with Crippen LogP contribution in [0.3, 0.4) is 0 Å². The highest BCUT2D eigenvalue weighted by molar-refractivity contribution is 6.29. The standard InChI is InChI=1S/C10H12ClNO2/c1-14-10-8(4-2-3-7-13)5-6-9(11)12-10/h5-7H,2-4H2,1H3. The van der Waals surface area contributed by atoms with Gasteiger partial charge in [0.2, 0.25) is 5.88 Å². The molecule has 0 aliphatic heterocycles. The third-order valence-electron chi connectivity index (χ3n) is 1.87. The molecule has 14 heavy (non-hydrogen) atoms. The molecule has 1 aromatic rings. The molecule has 1 rings (SSSR count). The van der Waals surface area contributed by atoms with Crippen molar-refractivity contribution in [1.29, 1.82) is 0 Å². The molecule has 0 fully saturated rings. The summed E-state index contributed by atoms with van der Waals surface area (Å²) in [5.41, 5.74) is 0.985. The number of methoxy groups -OCH3 is 1. The second kappa shape index (κ2) is 5.60. The number of pyridine rings is 1. The first-order chi connectivity index (χ1) is 6.77. The van der Waals surface area contributed by atoms with Crippen LogP contribution in [0, 0.1) is 0 Å². The van der Waals surface area contributed by atoms with Gasteiger partial charge in [-0.3, -0.25) is 0 Å². The quantitative estimate of drug-likeness (QED) is 0.428. The lowest BCUT2D eigenvalue weighted by Crippen LogP contribution is -1.95. The highest BCUT2D eigenvalue weighted by Crippen LogP contribution is 2.20. The van der Waals surface area contributed by atoms with E-state index in [-0.39, 0.29) is 0 Å². The van der Waals surface area contributed by atoms with Gasteiger partial charge in [-0.1, -0.05) is 17.7 Å². The number of carbonyl (C=O) groups is 1. The van der Waals surface area contributed by atoms with Gasteiger partial charge >= 0.3 is 0 Å². The molecular weight excluding hydrogens is 202 g/mol. The van der Waals surface area contributed by atoms with Crippen molar-refractivity contribution in [3.63, 3.8) is 0 Å². The van der Waals surface area contributed by atoms with E-state index in [1.165, 1.54) is 0 Å². The van der Waals surface area contributed by atoms with E-state index in [0.29, 0.717) is 17.5 Å². The molecular formula is C10H12ClNO2. The maximum atomic E-state index is 10.1. The maximum absolute atomic E-state index is 10.1. The number of hydrogen-bond donors (Lipinski definition) is 0. The zero-order valence-corrected chi connectivity index (χ0v) is 8.75. The average molecular weight is 214 g/mol. The molecule has 0 atom stereocenters. The first-order valence-electron chi connectivity index (χ1n) is 4.41. The normalized spacial score (nSPS) is 9.86. The number of aryl methyl sites for hydroxylation is 1. The topological polar surface area (TPSA) is 39.2 Å². The van der Waals surface area contributed by atoms with Crippen molar-refractivity contribution in [1.82, 2.24) is 4.98 Å². The predicted molar refractivity (Wildman–Crippen MR) is 54.8 cm³/mol. The number of ether oxygens (including phenoxy) is 1. The summed E-state index contributed by atoms with van der Waals surface area (Å²) in [7, 11) is 1.56. The van der Waals surface area contributed by atoms with Gasteiger partial charge in [0.15, 0.2) is 0 Å². The van der Waals surface area contributed by atoms with E-state index in [2.05, 4.69) is 4.98 Å². The van der Waals surface area contributed by atoms with Gasteiger partial charge in [0, 0.05) is 12.0 Å². The van der Waals surface area contributed by atoms with Gasteiger partial charge in [-0.2, -0.15) is 0 Å². The van der Waals surface area contributed by atoms with Crippen molar-refractivity contribution in [2.75, 3.05) is 7.11 Å². The van der Waals surface area contributed by atoms with Gasteiger partial charge in [0.1, 0.15) is 11.4 Å². The number of aromatic nitrogens is 1. The molecule has 0 bridgehead atoms. The highest BCUT2D eigenvalue weighted by Gasteiger charge is 2.04. The highest BCUT2D eigenvalue weighted by atomic mass is 35.5. The summed E-state index contributed by atoms with van der Waals surface area (Å²) in [5, 5.41) is 0.418. The number of nitrogens with zero attached hydrogens (tertiary/aromatic N) is 1. The summed E-state index contributed by atoms with van der Waals surface area (Å²) in [6.45, 7) is 0. The van der Waals surface area contributed by atoms with E-state index in [0.717, 1.165) is 24.7 Å². The minimum absolute atomic E-state index is 0.418. The smallest absolute Gasteiger partial charge is 0.217 e. The molecule has 1 aromatic heterocycles. The average Bonchev–Trinajstić information content (AvgIpc) is 2.20. The lowest BCUT2D eigenvalue weighted by molar-refractivity contribution is -0.107. The van der Waals surface area contributed by atoms with E-state index in [4.69, 9.17) is 16.3 Å². The Morgan fingerprint density at radius 2 is 2.36 bits per heavy atom. The monoisotopic (exact) mass is 213 g/mol. The van der Waals surface area contributed by atoms with Crippen molar-refractivity contribution >= 4 is 17.9 Å². The third-order valence-corrected chi connectivity index (χ3v) is 2.08. The molecule has 0 spiro atoms. The van der Waals surface area contributed by atoms with Crippen LogP contribution in [0.25, 0.3) is 0 Å². The Hall–Kier alpha value is -1.09. The number of rotatable bonds is 5. The van der Waals surface area contributed by atoms with Crippen molar-refractivity contribution in [3.05, 3.63) is 22.8 Å². The fourth-order valence-electron chi connectivity index (χ4n) is 1.19. The van der Waals surface area contributed by atoms with Crippen LogP contribution < -0.4 is 4.74 Å². The zero-order valence-electron chi connectivity index (χ0n) is 8.00. The molecule has 0 amide bonds. The van der Waals surface area contributed by atoms with Crippen molar-refractivity contribution in [2.45, 2.75) is 19.3 Å². The molecule has 0 saturated heterocycles. The van der Waals surface area contributed by atoms with Gasteiger partial charge in [0.25, 0.3) is 0 Å². The van der Waals surface area contributed by atoms with E-state index < -0.39 is 0 Å². The van der Waals surface area contributed by atoms with E-state index >= 15 is 0 Å². The second-order valence-electron chi connectivity index (χ2n) is 2.86. The van der Waals surface area contributed by atoms with Crippen LogP contribution in [0.5, 0.6) is 5.88 Å². The molecule has 0 N–H and O–H groups in total. The number of carbonyl (C=O) groups excluding carboxylic acids is 1. The van der Waals surface area contributed by atoms with Crippen molar-refractivity contribution < 1.29 is 9.53 Å². The minimum atomic E-state index is 0.418. The second-order valence-corrected chi connectivity index (χ2v) is 3.25. The Bertz CT molecular complexity index is 315. The first-order valence-corrected chi connectivity index (χ1v) is 4.78. The number of unbranched alkanes of at least 4 members (excludes halogenated alkanes) is 1. The first kappa shape index (κ1) is 11.0. The maximum Gasteiger partial charge on any atom is 0.217 e. The number of halogens is 1. The molecule has 0 radical (unpaired) electrons.